The summed E-state index contributed by atoms with van der Waals surface area (Å²) in [4.78, 5) is 0. The van der Waals surface area contributed by atoms with E-state index in [9.17, 15) is 17.6 Å². The second-order valence-electron chi connectivity index (χ2n) is 5.21. The highest BCUT2D eigenvalue weighted by molar-refractivity contribution is 4.77. The van der Waals surface area contributed by atoms with Crippen LogP contribution < -0.4 is 0 Å². The Morgan fingerprint density at radius 1 is 0.900 bits per heavy atom. The van der Waals surface area contributed by atoms with Crippen LogP contribution in [0.25, 0.3) is 0 Å². The van der Waals surface area contributed by atoms with Crippen LogP contribution in [0.15, 0.2) is 0 Å². The van der Waals surface area contributed by atoms with Gasteiger partial charge in [-0.2, -0.15) is 13.2 Å². The molecule has 0 aromatic heterocycles. The van der Waals surface area contributed by atoms with E-state index in [1.54, 1.807) is 6.92 Å². The Balaban J connectivity index is 4.01. The molecular weight excluding hydrogens is 272 g/mol. The van der Waals surface area contributed by atoms with Gasteiger partial charge >= 0.3 is 6.18 Å². The van der Waals surface area contributed by atoms with Gasteiger partial charge in [0.1, 0.15) is 12.6 Å². The van der Waals surface area contributed by atoms with E-state index in [1.165, 1.54) is 19.3 Å². The lowest BCUT2D eigenvalue weighted by Gasteiger charge is -2.26. The molecule has 0 aromatic rings. The molecule has 5 heteroatoms. The predicted molar refractivity (Wildman–Crippen MR) is 73.5 cm³/mol. The fraction of sp³-hybridized carbons (Fsp3) is 1.00. The van der Waals surface area contributed by atoms with Gasteiger partial charge in [-0.05, 0) is 13.3 Å². The first kappa shape index (κ1) is 19.7. The summed E-state index contributed by atoms with van der Waals surface area (Å²) in [5, 5.41) is 0. The van der Waals surface area contributed by atoms with Gasteiger partial charge in [0, 0.05) is 6.61 Å². The molecule has 0 N–H and O–H groups in total. The molecule has 2 unspecified atom stereocenters. The van der Waals surface area contributed by atoms with Crippen LogP contribution in [-0.2, 0) is 4.74 Å². The maximum atomic E-state index is 12.7. The Labute approximate surface area is 120 Å². The smallest absolute Gasteiger partial charge is 0.378 e. The molecule has 2 atom stereocenters. The highest BCUT2D eigenvalue weighted by Crippen LogP contribution is 2.33. The minimum Gasteiger partial charge on any atom is -0.378 e. The van der Waals surface area contributed by atoms with E-state index < -0.39 is 24.9 Å². The van der Waals surface area contributed by atoms with E-state index in [0.717, 1.165) is 19.3 Å². The first-order valence-corrected chi connectivity index (χ1v) is 7.71. The largest absolute Gasteiger partial charge is 0.396 e. The minimum absolute atomic E-state index is 0.188. The van der Waals surface area contributed by atoms with Crippen LogP contribution in [-0.4, -0.2) is 25.6 Å². The van der Waals surface area contributed by atoms with Gasteiger partial charge in [-0.1, -0.05) is 51.9 Å². The van der Waals surface area contributed by atoms with E-state index in [4.69, 9.17) is 4.74 Å². The second kappa shape index (κ2) is 11.4. The minimum atomic E-state index is -4.52. The average Bonchev–Trinajstić information content (AvgIpc) is 2.36. The molecule has 0 amide bonds. The Bertz CT molecular complexity index is 218. The summed E-state index contributed by atoms with van der Waals surface area (Å²) < 4.78 is 55.8. The first-order chi connectivity index (χ1) is 9.47. The van der Waals surface area contributed by atoms with Crippen molar-refractivity contribution in [3.05, 3.63) is 0 Å². The van der Waals surface area contributed by atoms with Crippen LogP contribution in [0.4, 0.5) is 17.6 Å². The normalized spacial score (nSPS) is 15.3. The van der Waals surface area contributed by atoms with Gasteiger partial charge in [-0.15, -0.1) is 0 Å². The van der Waals surface area contributed by atoms with Gasteiger partial charge in [0.25, 0.3) is 0 Å². The Morgan fingerprint density at radius 2 is 1.45 bits per heavy atom. The molecule has 0 saturated carbocycles. The molecule has 0 aromatic carbocycles. The Morgan fingerprint density at radius 3 is 1.90 bits per heavy atom. The molecule has 0 aliphatic carbocycles. The lowest BCUT2D eigenvalue weighted by atomic mass is 9.97. The topological polar surface area (TPSA) is 9.23 Å². The molecule has 122 valence electrons. The van der Waals surface area contributed by atoms with Crippen molar-refractivity contribution in [2.45, 2.75) is 77.5 Å². The summed E-state index contributed by atoms with van der Waals surface area (Å²) in [7, 11) is 0. The zero-order chi connectivity index (χ0) is 15.4. The van der Waals surface area contributed by atoms with E-state index in [1.807, 2.05) is 0 Å². The van der Waals surface area contributed by atoms with E-state index in [0.29, 0.717) is 6.42 Å². The molecular formula is C15H28F4O. The molecule has 20 heavy (non-hydrogen) atoms. The molecule has 0 spiro atoms. The van der Waals surface area contributed by atoms with Crippen LogP contribution in [0.5, 0.6) is 0 Å². The Hall–Kier alpha value is -0.320. The third-order valence-corrected chi connectivity index (χ3v) is 3.51. The van der Waals surface area contributed by atoms with Gasteiger partial charge < -0.3 is 4.74 Å². The first-order valence-electron chi connectivity index (χ1n) is 7.71. The van der Waals surface area contributed by atoms with Crippen LogP contribution >= 0.6 is 0 Å². The van der Waals surface area contributed by atoms with Crippen molar-refractivity contribution in [2.75, 3.05) is 13.3 Å². The average molecular weight is 300 g/mol. The lowest BCUT2D eigenvalue weighted by molar-refractivity contribution is -0.211. The highest BCUT2D eigenvalue weighted by Gasteiger charge is 2.45. The molecule has 0 bridgehead atoms. The van der Waals surface area contributed by atoms with Crippen LogP contribution in [0.1, 0.15) is 65.2 Å². The van der Waals surface area contributed by atoms with E-state index >= 15 is 0 Å². The second-order valence-corrected chi connectivity index (χ2v) is 5.21. The van der Waals surface area contributed by atoms with Gasteiger partial charge in [0.05, 0.1) is 6.10 Å². The number of hydrogen-bond donors (Lipinski definition) is 0. The summed E-state index contributed by atoms with van der Waals surface area (Å²) >= 11 is 0. The summed E-state index contributed by atoms with van der Waals surface area (Å²) in [5.41, 5.74) is 0. The SMILES string of the molecule is CCCCCCCCCC(OCC)C(CF)C(F)(F)F. The van der Waals surface area contributed by atoms with Crippen LogP contribution in [0.2, 0.25) is 0 Å². The molecule has 0 radical (unpaired) electrons. The summed E-state index contributed by atoms with van der Waals surface area (Å²) in [6.45, 7) is 2.57. The van der Waals surface area contributed by atoms with Crippen molar-refractivity contribution in [3.63, 3.8) is 0 Å². The molecule has 0 aliphatic heterocycles. The van der Waals surface area contributed by atoms with Crippen molar-refractivity contribution >= 4 is 0 Å². The lowest BCUT2D eigenvalue weighted by Crippen LogP contribution is -2.37. The van der Waals surface area contributed by atoms with Crippen LogP contribution in [0.3, 0.4) is 0 Å². The van der Waals surface area contributed by atoms with E-state index in [2.05, 4.69) is 6.92 Å². The number of ether oxygens (including phenoxy) is 1. The van der Waals surface area contributed by atoms with Crippen LogP contribution in [0, 0.1) is 5.92 Å². The number of hydrogen-bond acceptors (Lipinski definition) is 1. The maximum absolute atomic E-state index is 12.7. The molecule has 0 aliphatic rings. The van der Waals surface area contributed by atoms with Crippen molar-refractivity contribution in [1.82, 2.24) is 0 Å². The van der Waals surface area contributed by atoms with E-state index in [-0.39, 0.29) is 13.0 Å². The number of unbranched alkanes of at least 4 members (excludes halogenated alkanes) is 6. The fourth-order valence-electron chi connectivity index (χ4n) is 2.32. The monoisotopic (exact) mass is 300 g/mol. The van der Waals surface area contributed by atoms with Gasteiger partial charge in [-0.25, -0.2) is 0 Å². The van der Waals surface area contributed by atoms with Crippen molar-refractivity contribution in [2.24, 2.45) is 5.92 Å². The summed E-state index contributed by atoms with van der Waals surface area (Å²) in [6.07, 6.45) is 2.01. The fourth-order valence-corrected chi connectivity index (χ4v) is 2.32. The zero-order valence-electron chi connectivity index (χ0n) is 12.6. The predicted octanol–water partition coefficient (Wildman–Crippen LogP) is 5.68. The number of alkyl halides is 4. The molecule has 0 fully saturated rings. The van der Waals surface area contributed by atoms with Crippen molar-refractivity contribution in [3.8, 4) is 0 Å². The van der Waals surface area contributed by atoms with Gasteiger partial charge in [0.2, 0.25) is 0 Å². The van der Waals surface area contributed by atoms with Gasteiger partial charge in [0.15, 0.2) is 0 Å². The highest BCUT2D eigenvalue weighted by atomic mass is 19.4. The number of rotatable bonds is 12. The van der Waals surface area contributed by atoms with Crippen molar-refractivity contribution < 1.29 is 22.3 Å². The molecule has 0 heterocycles. The third-order valence-electron chi connectivity index (χ3n) is 3.51. The zero-order valence-corrected chi connectivity index (χ0v) is 12.6. The quantitative estimate of drug-likeness (QED) is 0.333. The summed E-state index contributed by atoms with van der Waals surface area (Å²) in [5.74, 6) is -1.98. The molecule has 1 nitrogen and oxygen atoms in total. The standard InChI is InChI=1S/C15H28F4O/c1-3-5-6-7-8-9-10-11-14(20-4-2)13(12-16)15(17,18)19/h13-14H,3-12H2,1-2H3. The molecule has 0 rings (SSSR count). The summed E-state index contributed by atoms with van der Waals surface area (Å²) in [6, 6.07) is 0. The number of halogens is 4. The van der Waals surface area contributed by atoms with Gasteiger partial charge in [-0.3, -0.25) is 4.39 Å². The van der Waals surface area contributed by atoms with Crippen molar-refractivity contribution in [1.29, 1.82) is 0 Å². The third kappa shape index (κ3) is 8.77. The maximum Gasteiger partial charge on any atom is 0.396 e. The molecule has 0 saturated heterocycles. The Kier molecular flexibility index (Phi) is 11.2.